The van der Waals surface area contributed by atoms with Gasteiger partial charge in [0.05, 0.1) is 11.0 Å². The molecule has 0 amide bonds. The summed E-state index contributed by atoms with van der Waals surface area (Å²) >= 11 is 8.97. The molecule has 0 fully saturated rings. The summed E-state index contributed by atoms with van der Waals surface area (Å²) in [5.74, 6) is 0.340. The minimum Gasteiger partial charge on any atom is -0.292 e. The molecule has 0 aliphatic rings. The Morgan fingerprint density at radius 3 is 2.70 bits per heavy atom. The number of halogens is 3. The van der Waals surface area contributed by atoms with Crippen molar-refractivity contribution in [1.29, 1.82) is 0 Å². The Kier molecular flexibility index (Phi) is 4.60. The molecule has 0 unspecified atom stereocenters. The molecule has 20 heavy (non-hydrogen) atoms. The van der Waals surface area contributed by atoms with E-state index >= 15 is 0 Å². The van der Waals surface area contributed by atoms with Crippen LogP contribution < -0.4 is 5.56 Å². The molecule has 1 heterocycles. The van der Waals surface area contributed by atoms with Crippen LogP contribution in [0.2, 0.25) is 5.15 Å². The molecule has 0 atom stereocenters. The summed E-state index contributed by atoms with van der Waals surface area (Å²) in [6, 6.07) is 5.95. The maximum atomic E-state index is 13.2. The average molecular weight is 360 g/mol. The molecule has 6 heteroatoms. The van der Waals surface area contributed by atoms with Crippen molar-refractivity contribution in [2.45, 2.75) is 26.3 Å². The van der Waals surface area contributed by atoms with Crippen molar-refractivity contribution >= 4 is 27.5 Å². The second-order valence-electron chi connectivity index (χ2n) is 4.76. The topological polar surface area (TPSA) is 34.9 Å². The molecule has 0 aliphatic carbocycles. The van der Waals surface area contributed by atoms with Crippen molar-refractivity contribution in [1.82, 2.24) is 9.55 Å². The normalized spacial score (nSPS) is 11.1. The van der Waals surface area contributed by atoms with Crippen LogP contribution in [0.1, 0.15) is 31.2 Å². The van der Waals surface area contributed by atoms with Gasteiger partial charge in [-0.25, -0.2) is 9.37 Å². The number of hydrogen-bond donors (Lipinski definition) is 0. The summed E-state index contributed by atoms with van der Waals surface area (Å²) in [7, 11) is 0. The first kappa shape index (κ1) is 15.2. The fourth-order valence-corrected chi connectivity index (χ4v) is 2.52. The van der Waals surface area contributed by atoms with Gasteiger partial charge >= 0.3 is 0 Å². The summed E-state index contributed by atoms with van der Waals surface area (Å²) in [5, 5.41) is 0.190. The lowest BCUT2D eigenvalue weighted by atomic mass is 10.1. The van der Waals surface area contributed by atoms with E-state index in [0.717, 1.165) is 5.56 Å². The van der Waals surface area contributed by atoms with E-state index in [1.54, 1.807) is 16.7 Å². The van der Waals surface area contributed by atoms with Gasteiger partial charge < -0.3 is 0 Å². The van der Waals surface area contributed by atoms with Crippen molar-refractivity contribution in [3.8, 4) is 0 Å². The lowest BCUT2D eigenvalue weighted by molar-refractivity contribution is 0.611. The Bertz CT molecular complexity index is 700. The Balaban J connectivity index is 2.47. The largest absolute Gasteiger partial charge is 0.292 e. The first-order chi connectivity index (χ1) is 9.38. The molecule has 2 rings (SSSR count). The van der Waals surface area contributed by atoms with E-state index in [0.29, 0.717) is 16.8 Å². The first-order valence-corrected chi connectivity index (χ1v) is 7.27. The number of rotatable bonds is 3. The molecule has 1 aromatic heterocycles. The molecule has 1 aromatic carbocycles. The Morgan fingerprint density at radius 2 is 2.10 bits per heavy atom. The summed E-state index contributed by atoms with van der Waals surface area (Å²) in [6.07, 6.45) is 0. The SMILES string of the molecule is CC(C)c1nc(Cl)cc(=O)n1Cc1ccc(F)c(Br)c1. The van der Waals surface area contributed by atoms with Gasteiger partial charge in [-0.05, 0) is 33.6 Å². The van der Waals surface area contributed by atoms with Gasteiger partial charge in [0.1, 0.15) is 16.8 Å². The lowest BCUT2D eigenvalue weighted by Crippen LogP contribution is -2.25. The molecule has 0 bridgehead atoms. The number of benzene rings is 1. The third-order valence-corrected chi connectivity index (χ3v) is 3.65. The Morgan fingerprint density at radius 1 is 1.40 bits per heavy atom. The quantitative estimate of drug-likeness (QED) is 0.777. The van der Waals surface area contributed by atoms with Crippen LogP contribution in [0.5, 0.6) is 0 Å². The molecule has 106 valence electrons. The molecule has 0 aliphatic heterocycles. The van der Waals surface area contributed by atoms with Crippen LogP contribution in [-0.4, -0.2) is 9.55 Å². The smallest absolute Gasteiger partial charge is 0.255 e. The zero-order valence-corrected chi connectivity index (χ0v) is 13.4. The third-order valence-electron chi connectivity index (χ3n) is 2.85. The highest BCUT2D eigenvalue weighted by Gasteiger charge is 2.12. The fourth-order valence-electron chi connectivity index (χ4n) is 1.92. The van der Waals surface area contributed by atoms with E-state index in [1.807, 2.05) is 13.8 Å². The van der Waals surface area contributed by atoms with Crippen LogP contribution in [0.3, 0.4) is 0 Å². The van der Waals surface area contributed by atoms with Gasteiger partial charge in [0.2, 0.25) is 0 Å². The second kappa shape index (κ2) is 6.06. The van der Waals surface area contributed by atoms with E-state index in [4.69, 9.17) is 11.6 Å². The highest BCUT2D eigenvalue weighted by atomic mass is 79.9. The summed E-state index contributed by atoms with van der Waals surface area (Å²) in [5.41, 5.74) is 0.598. The van der Waals surface area contributed by atoms with Crippen molar-refractivity contribution in [3.63, 3.8) is 0 Å². The zero-order valence-electron chi connectivity index (χ0n) is 11.0. The Labute approximate surface area is 129 Å². The number of nitrogens with zero attached hydrogens (tertiary/aromatic N) is 2. The molecule has 0 radical (unpaired) electrons. The van der Waals surface area contributed by atoms with Gasteiger partial charge in [0.25, 0.3) is 5.56 Å². The molecule has 0 saturated carbocycles. The average Bonchev–Trinajstić information content (AvgIpc) is 2.36. The lowest BCUT2D eigenvalue weighted by Gasteiger charge is -2.15. The summed E-state index contributed by atoms with van der Waals surface area (Å²) < 4.78 is 15.2. The van der Waals surface area contributed by atoms with Crippen LogP contribution in [0, 0.1) is 5.82 Å². The van der Waals surface area contributed by atoms with E-state index in [-0.39, 0.29) is 22.4 Å². The highest BCUT2D eigenvalue weighted by Crippen LogP contribution is 2.19. The van der Waals surface area contributed by atoms with Gasteiger partial charge in [0.15, 0.2) is 0 Å². The van der Waals surface area contributed by atoms with Crippen LogP contribution in [-0.2, 0) is 6.54 Å². The molecule has 0 N–H and O–H groups in total. The van der Waals surface area contributed by atoms with Crippen molar-refractivity contribution in [3.05, 3.63) is 61.5 Å². The van der Waals surface area contributed by atoms with E-state index < -0.39 is 0 Å². The van der Waals surface area contributed by atoms with Crippen molar-refractivity contribution in [2.24, 2.45) is 0 Å². The monoisotopic (exact) mass is 358 g/mol. The van der Waals surface area contributed by atoms with Gasteiger partial charge in [-0.3, -0.25) is 9.36 Å². The van der Waals surface area contributed by atoms with Gasteiger partial charge in [-0.15, -0.1) is 0 Å². The predicted molar refractivity (Wildman–Crippen MR) is 80.8 cm³/mol. The second-order valence-corrected chi connectivity index (χ2v) is 6.01. The number of aromatic nitrogens is 2. The third kappa shape index (κ3) is 3.27. The number of hydrogen-bond acceptors (Lipinski definition) is 2. The molecule has 0 spiro atoms. The zero-order chi connectivity index (χ0) is 14.9. The first-order valence-electron chi connectivity index (χ1n) is 6.09. The fraction of sp³-hybridized carbons (Fsp3) is 0.286. The molecular formula is C14H13BrClFN2O. The molecule has 2 aromatic rings. The highest BCUT2D eigenvalue weighted by molar-refractivity contribution is 9.10. The van der Waals surface area contributed by atoms with Crippen LogP contribution >= 0.6 is 27.5 Å². The molecule has 0 saturated heterocycles. The molecular weight excluding hydrogens is 347 g/mol. The van der Waals surface area contributed by atoms with Crippen LogP contribution in [0.25, 0.3) is 0 Å². The predicted octanol–water partition coefficient (Wildman–Crippen LogP) is 3.97. The maximum Gasteiger partial charge on any atom is 0.255 e. The van der Waals surface area contributed by atoms with Crippen molar-refractivity contribution in [2.75, 3.05) is 0 Å². The minimum atomic E-state index is -0.334. The van der Waals surface area contributed by atoms with Gasteiger partial charge in [-0.1, -0.05) is 31.5 Å². The standard InChI is InChI=1S/C14H13BrClFN2O/c1-8(2)14-18-12(16)6-13(20)19(14)7-9-3-4-11(17)10(15)5-9/h3-6,8H,7H2,1-2H3. The molecule has 3 nitrogen and oxygen atoms in total. The van der Waals surface area contributed by atoms with Crippen molar-refractivity contribution < 1.29 is 4.39 Å². The van der Waals surface area contributed by atoms with E-state index in [2.05, 4.69) is 20.9 Å². The van der Waals surface area contributed by atoms with Gasteiger partial charge in [0, 0.05) is 12.0 Å². The van der Waals surface area contributed by atoms with Crippen LogP contribution in [0.4, 0.5) is 4.39 Å². The Hall–Kier alpha value is -1.20. The summed E-state index contributed by atoms with van der Waals surface area (Å²) in [4.78, 5) is 16.3. The van der Waals surface area contributed by atoms with E-state index in [1.165, 1.54) is 12.1 Å². The van der Waals surface area contributed by atoms with E-state index in [9.17, 15) is 9.18 Å². The maximum absolute atomic E-state index is 13.2. The summed E-state index contributed by atoms with van der Waals surface area (Å²) in [6.45, 7) is 4.21. The minimum absolute atomic E-state index is 0.0605. The van der Waals surface area contributed by atoms with Gasteiger partial charge in [-0.2, -0.15) is 0 Å². The van der Waals surface area contributed by atoms with Crippen LogP contribution in [0.15, 0.2) is 33.5 Å².